The predicted molar refractivity (Wildman–Crippen MR) is 64.6 cm³/mol. The molecule has 0 aromatic heterocycles. The van der Waals surface area contributed by atoms with Crippen molar-refractivity contribution in [3.63, 3.8) is 0 Å². The van der Waals surface area contributed by atoms with Crippen LogP contribution in [0, 0.1) is 0 Å². The molecule has 0 aliphatic rings. The number of rotatable bonds is 12. The van der Waals surface area contributed by atoms with Gasteiger partial charge in [0.25, 0.3) is 0 Å². The molecule has 0 aliphatic carbocycles. The molecule has 0 bridgehead atoms. The molecule has 0 fully saturated rings. The van der Waals surface area contributed by atoms with Crippen molar-refractivity contribution in [2.75, 3.05) is 33.0 Å². The van der Waals surface area contributed by atoms with Crippen molar-refractivity contribution >= 4 is 0 Å². The zero-order chi connectivity index (χ0) is 13.0. The molecular weight excluding hydrogens is 224 g/mol. The zero-order valence-corrected chi connectivity index (χ0v) is 11.0. The van der Waals surface area contributed by atoms with Gasteiger partial charge in [0.2, 0.25) is 0 Å². The van der Waals surface area contributed by atoms with Crippen LogP contribution in [0.5, 0.6) is 0 Å². The summed E-state index contributed by atoms with van der Waals surface area (Å²) in [4.78, 5) is 0. The van der Waals surface area contributed by atoms with E-state index < -0.39 is 5.97 Å². The first-order chi connectivity index (χ1) is 8.18. The number of aliphatic hydroxyl groups is 2. The molecule has 0 amide bonds. The van der Waals surface area contributed by atoms with Crippen molar-refractivity contribution in [1.82, 2.24) is 0 Å². The molecule has 0 saturated heterocycles. The monoisotopic (exact) mass is 250 g/mol. The number of hydrogen-bond acceptors (Lipinski definition) is 5. The maximum Gasteiger partial charge on any atom is 0.305 e. The van der Waals surface area contributed by atoms with E-state index in [1.54, 1.807) is 0 Å². The molecule has 0 unspecified atom stereocenters. The summed E-state index contributed by atoms with van der Waals surface area (Å²) in [5.41, 5.74) is 0. The van der Waals surface area contributed by atoms with E-state index in [4.69, 9.17) is 19.3 Å². The molecule has 5 heteroatoms. The third kappa shape index (κ3) is 9.50. The number of ether oxygens (including phenoxy) is 3. The van der Waals surface area contributed by atoms with Gasteiger partial charge in [0.05, 0.1) is 26.4 Å². The topological polar surface area (TPSA) is 68.2 Å². The van der Waals surface area contributed by atoms with E-state index in [0.717, 1.165) is 25.7 Å². The van der Waals surface area contributed by atoms with Gasteiger partial charge in [-0.3, -0.25) is 0 Å². The molecular formula is C12H26O5. The zero-order valence-electron chi connectivity index (χ0n) is 11.0. The van der Waals surface area contributed by atoms with Gasteiger partial charge < -0.3 is 24.4 Å². The standard InChI is InChI=1S/C12H26O5/c1-3-5-8-16-12(14,11-15-10-7-13)17-9-6-4-2/h13-14H,3-11H2,1-2H3. The second-order valence-electron chi connectivity index (χ2n) is 3.89. The fourth-order valence-corrected chi connectivity index (χ4v) is 1.14. The largest absolute Gasteiger partial charge is 0.394 e. The van der Waals surface area contributed by atoms with Gasteiger partial charge in [0.1, 0.15) is 6.61 Å². The van der Waals surface area contributed by atoms with Gasteiger partial charge in [0.15, 0.2) is 0 Å². The third-order valence-electron chi connectivity index (χ3n) is 2.17. The molecule has 2 N–H and O–H groups in total. The molecule has 0 heterocycles. The normalized spacial score (nSPS) is 12.0. The maximum atomic E-state index is 10.0. The molecule has 0 rings (SSSR count). The van der Waals surface area contributed by atoms with Crippen molar-refractivity contribution in [2.45, 2.75) is 45.5 Å². The van der Waals surface area contributed by atoms with Gasteiger partial charge in [-0.25, -0.2) is 0 Å². The first kappa shape index (κ1) is 16.8. The number of unbranched alkanes of at least 4 members (excludes halogenated alkanes) is 2. The molecule has 0 aromatic carbocycles. The molecule has 17 heavy (non-hydrogen) atoms. The maximum absolute atomic E-state index is 10.0. The summed E-state index contributed by atoms with van der Waals surface area (Å²) >= 11 is 0. The Morgan fingerprint density at radius 1 is 0.941 bits per heavy atom. The smallest absolute Gasteiger partial charge is 0.305 e. The highest BCUT2D eigenvalue weighted by molar-refractivity contribution is 4.54. The lowest BCUT2D eigenvalue weighted by molar-refractivity contribution is -0.376. The number of hydrogen-bond donors (Lipinski definition) is 2. The first-order valence-corrected chi connectivity index (χ1v) is 6.37. The van der Waals surface area contributed by atoms with Crippen LogP contribution in [0.2, 0.25) is 0 Å². The van der Waals surface area contributed by atoms with Crippen molar-refractivity contribution in [3.05, 3.63) is 0 Å². The predicted octanol–water partition coefficient (Wildman–Crippen LogP) is 1.27. The van der Waals surface area contributed by atoms with Gasteiger partial charge in [-0.15, -0.1) is 0 Å². The van der Waals surface area contributed by atoms with Gasteiger partial charge in [0, 0.05) is 0 Å². The van der Waals surface area contributed by atoms with E-state index >= 15 is 0 Å². The molecule has 0 aromatic rings. The van der Waals surface area contributed by atoms with Crippen LogP contribution in [-0.2, 0) is 14.2 Å². The molecule has 0 radical (unpaired) electrons. The van der Waals surface area contributed by atoms with Crippen molar-refractivity contribution in [1.29, 1.82) is 0 Å². The minimum absolute atomic E-state index is 0.0824. The SMILES string of the molecule is CCCCOC(O)(COCCO)OCCCC. The van der Waals surface area contributed by atoms with Gasteiger partial charge in [-0.05, 0) is 12.8 Å². The Balaban J connectivity index is 3.95. The molecule has 104 valence electrons. The number of aliphatic hydroxyl groups excluding tert-OH is 1. The van der Waals surface area contributed by atoms with Crippen LogP contribution in [-0.4, -0.2) is 49.2 Å². The Labute approximate surface area is 104 Å². The molecule has 0 saturated carbocycles. The highest BCUT2D eigenvalue weighted by Crippen LogP contribution is 2.12. The fraction of sp³-hybridized carbons (Fsp3) is 1.00. The lowest BCUT2D eigenvalue weighted by Crippen LogP contribution is -2.41. The van der Waals surface area contributed by atoms with Crippen molar-refractivity contribution in [2.24, 2.45) is 0 Å². The quantitative estimate of drug-likeness (QED) is 0.403. The highest BCUT2D eigenvalue weighted by atomic mass is 16.8. The van der Waals surface area contributed by atoms with Gasteiger partial charge in [-0.2, -0.15) is 0 Å². The summed E-state index contributed by atoms with van der Waals surface area (Å²) < 4.78 is 15.6. The van der Waals surface area contributed by atoms with Crippen LogP contribution in [0.15, 0.2) is 0 Å². The lowest BCUT2D eigenvalue weighted by atomic mass is 10.3. The highest BCUT2D eigenvalue weighted by Gasteiger charge is 2.29. The van der Waals surface area contributed by atoms with E-state index in [-0.39, 0.29) is 19.8 Å². The summed E-state index contributed by atoms with van der Waals surface area (Å²) in [6.45, 7) is 4.95. The van der Waals surface area contributed by atoms with E-state index in [2.05, 4.69) is 0 Å². The van der Waals surface area contributed by atoms with Gasteiger partial charge in [-0.1, -0.05) is 26.7 Å². The van der Waals surface area contributed by atoms with Crippen molar-refractivity contribution in [3.8, 4) is 0 Å². The van der Waals surface area contributed by atoms with E-state index in [0.29, 0.717) is 13.2 Å². The second-order valence-corrected chi connectivity index (χ2v) is 3.89. The Bertz CT molecular complexity index is 136. The summed E-state index contributed by atoms with van der Waals surface area (Å²) in [6, 6.07) is 0. The Morgan fingerprint density at radius 3 is 1.88 bits per heavy atom. The van der Waals surface area contributed by atoms with E-state index in [1.807, 2.05) is 13.8 Å². The average molecular weight is 250 g/mol. The van der Waals surface area contributed by atoms with Crippen LogP contribution >= 0.6 is 0 Å². The minimum Gasteiger partial charge on any atom is -0.394 e. The minimum atomic E-state index is -1.68. The van der Waals surface area contributed by atoms with Crippen LogP contribution in [0.1, 0.15) is 39.5 Å². The molecule has 0 atom stereocenters. The summed E-state index contributed by atoms with van der Waals surface area (Å²) in [5.74, 6) is -1.68. The van der Waals surface area contributed by atoms with Crippen LogP contribution in [0.25, 0.3) is 0 Å². The summed E-state index contributed by atoms with van der Waals surface area (Å²) in [7, 11) is 0. The van der Waals surface area contributed by atoms with E-state index in [9.17, 15) is 5.11 Å². The second kappa shape index (κ2) is 10.9. The summed E-state index contributed by atoms with van der Waals surface area (Å²) in [5, 5.41) is 18.6. The third-order valence-corrected chi connectivity index (χ3v) is 2.17. The lowest BCUT2D eigenvalue weighted by Gasteiger charge is -2.27. The first-order valence-electron chi connectivity index (χ1n) is 6.37. The molecule has 5 nitrogen and oxygen atoms in total. The van der Waals surface area contributed by atoms with Crippen LogP contribution in [0.3, 0.4) is 0 Å². The van der Waals surface area contributed by atoms with Crippen LogP contribution in [0.4, 0.5) is 0 Å². The average Bonchev–Trinajstić information content (AvgIpc) is 2.30. The Morgan fingerprint density at radius 2 is 1.47 bits per heavy atom. The summed E-state index contributed by atoms with van der Waals surface area (Å²) in [6.07, 6.45) is 3.70. The molecule has 0 spiro atoms. The Kier molecular flexibility index (Phi) is 10.8. The van der Waals surface area contributed by atoms with E-state index in [1.165, 1.54) is 0 Å². The van der Waals surface area contributed by atoms with Crippen molar-refractivity contribution < 1.29 is 24.4 Å². The van der Waals surface area contributed by atoms with Crippen LogP contribution < -0.4 is 0 Å². The van der Waals surface area contributed by atoms with Gasteiger partial charge >= 0.3 is 5.97 Å². The Hall–Kier alpha value is -0.200. The molecule has 0 aliphatic heterocycles. The fourth-order valence-electron chi connectivity index (χ4n) is 1.14.